The number of fused-ring (bicyclic) bond motifs is 1. The van der Waals surface area contributed by atoms with Crippen molar-refractivity contribution in [2.45, 2.75) is 24.1 Å². The van der Waals surface area contributed by atoms with Crippen molar-refractivity contribution in [2.75, 3.05) is 62.7 Å². The van der Waals surface area contributed by atoms with Gasteiger partial charge in [-0.3, -0.25) is 4.99 Å². The lowest BCUT2D eigenvalue weighted by Gasteiger charge is -2.28. The van der Waals surface area contributed by atoms with Crippen molar-refractivity contribution in [3.05, 3.63) is 48.3 Å². The van der Waals surface area contributed by atoms with Gasteiger partial charge in [-0.2, -0.15) is 11.8 Å². The zero-order chi connectivity index (χ0) is 23.9. The van der Waals surface area contributed by atoms with Gasteiger partial charge < -0.3 is 35.0 Å². The molecule has 0 amide bonds. The summed E-state index contributed by atoms with van der Waals surface area (Å²) in [6, 6.07) is 12.2. The van der Waals surface area contributed by atoms with Crippen molar-refractivity contribution in [3.63, 3.8) is 0 Å². The van der Waals surface area contributed by atoms with Crippen LogP contribution in [0.15, 0.2) is 52.6 Å². The molecule has 2 aromatic heterocycles. The molecule has 2 aliphatic rings. The largest absolute Gasteiger partial charge is 0.493 e. The Kier molecular flexibility index (Phi) is 13.8. The van der Waals surface area contributed by atoms with Crippen molar-refractivity contribution >= 4 is 57.1 Å². The Morgan fingerprint density at radius 3 is 2.76 bits per heavy atom. The molecule has 0 radical (unpaired) electrons. The number of anilines is 1. The van der Waals surface area contributed by atoms with Crippen molar-refractivity contribution in [1.29, 1.82) is 0 Å². The van der Waals surface area contributed by atoms with E-state index >= 15 is 0 Å². The van der Waals surface area contributed by atoms with Crippen LogP contribution in [0.4, 0.5) is 5.69 Å². The van der Waals surface area contributed by atoms with Crippen molar-refractivity contribution < 1.29 is 20.4 Å². The van der Waals surface area contributed by atoms with E-state index in [-0.39, 0.29) is 18.4 Å². The molecule has 1 unspecified atom stereocenters. The van der Waals surface area contributed by atoms with Gasteiger partial charge in [0.2, 0.25) is 0 Å². The first-order chi connectivity index (χ1) is 17.3. The number of rotatable bonds is 11. The summed E-state index contributed by atoms with van der Waals surface area (Å²) in [5, 5.41) is 3.64. The van der Waals surface area contributed by atoms with Gasteiger partial charge in [-0.05, 0) is 24.3 Å². The van der Waals surface area contributed by atoms with E-state index in [1.54, 1.807) is 13.3 Å². The van der Waals surface area contributed by atoms with E-state index in [0.717, 1.165) is 57.6 Å². The van der Waals surface area contributed by atoms with E-state index in [2.05, 4.69) is 43.5 Å². The van der Waals surface area contributed by atoms with Gasteiger partial charge in [-0.1, -0.05) is 25.3 Å². The summed E-state index contributed by atoms with van der Waals surface area (Å²) in [6.45, 7) is 5.69. The second-order valence-corrected chi connectivity index (χ2v) is 11.8. The highest BCUT2D eigenvalue weighted by Crippen LogP contribution is 2.35. The number of pyridine rings is 1. The second kappa shape index (κ2) is 16.2. The lowest BCUT2D eigenvalue weighted by atomic mass is 10.2. The molecule has 0 saturated carbocycles. The molecule has 9 nitrogen and oxygen atoms in total. The number of benzene rings is 1. The quantitative estimate of drug-likeness (QED) is 0.256. The number of aromatic nitrogens is 2. The molecule has 4 heterocycles. The summed E-state index contributed by atoms with van der Waals surface area (Å²) in [7, 11) is 1.71. The van der Waals surface area contributed by atoms with Crippen LogP contribution in [0.2, 0.25) is 0 Å². The zero-order valence-electron chi connectivity index (χ0n) is 20.9. The molecule has 38 heavy (non-hydrogen) atoms. The molecule has 3 aromatic rings. The Balaban J connectivity index is 0.00000169. The minimum Gasteiger partial charge on any atom is -0.493 e. The highest BCUT2D eigenvalue weighted by molar-refractivity contribution is 8.15. The fraction of sp³-hybridized carbons (Fsp3) is 0.462. The van der Waals surface area contributed by atoms with E-state index < -0.39 is 0 Å². The number of hydrogen-bond acceptors (Lipinski definition) is 9. The fourth-order valence-corrected chi connectivity index (χ4v) is 6.89. The number of thioether (sulfide) groups is 2. The zero-order valence-corrected chi connectivity index (χ0v) is 23.3. The van der Waals surface area contributed by atoms with E-state index in [1.165, 1.54) is 36.5 Å². The molecule has 1 fully saturated rings. The molecule has 2 aliphatic heterocycles. The Hall–Kier alpha value is -1.93. The van der Waals surface area contributed by atoms with Crippen LogP contribution < -0.4 is 9.46 Å². The van der Waals surface area contributed by atoms with Gasteiger partial charge in [0.25, 0.3) is 0 Å². The number of methoxy groups -OCH3 is 1. The van der Waals surface area contributed by atoms with Crippen LogP contribution in [0.25, 0.3) is 10.9 Å². The number of nitrogens with zero attached hydrogens (tertiary/aromatic N) is 3. The molecule has 0 aliphatic carbocycles. The lowest BCUT2D eigenvalue weighted by molar-refractivity contribution is 0.172. The summed E-state index contributed by atoms with van der Waals surface area (Å²) < 4.78 is 14.7. The third kappa shape index (κ3) is 8.54. The highest BCUT2D eigenvalue weighted by atomic mass is 32.2. The topological polar surface area (TPSA) is 138 Å². The first-order valence-corrected chi connectivity index (χ1v) is 14.8. The van der Waals surface area contributed by atoms with Crippen LogP contribution in [0.5, 0.6) is 5.75 Å². The number of hydrogen-bond donors (Lipinski definition) is 2. The maximum atomic E-state index is 6.04. The molecule has 6 N–H and O–H groups in total. The first kappa shape index (κ1) is 32.3. The second-order valence-electron chi connectivity index (χ2n) is 8.48. The monoisotopic (exact) mass is 581 g/mol. The standard InChI is InChI=1S/C25H31N5O2S3.CH4.2H2O/c1-31-9-4-10-32-19-13-18-14-22(25-27-16-20(34-25)17-30-7-11-33-12-8-30)28-24(18)21(15-19)29-35-23-5-2-3-6-26-23;;;/h2-3,5-6,13-15,20,28-29H,4,7-12,16-17H2,1H3;1H4;2*1H2. The molecule has 12 heteroatoms. The Bertz CT molecular complexity index is 1140. The van der Waals surface area contributed by atoms with Crippen molar-refractivity contribution in [2.24, 2.45) is 4.99 Å². The van der Waals surface area contributed by atoms with Crippen molar-refractivity contribution in [1.82, 2.24) is 14.9 Å². The van der Waals surface area contributed by atoms with E-state index in [1.807, 2.05) is 36.0 Å². The summed E-state index contributed by atoms with van der Waals surface area (Å²) in [5.74, 6) is 3.33. The number of H-pyrrole nitrogens is 1. The summed E-state index contributed by atoms with van der Waals surface area (Å²) >= 11 is 5.45. The number of ether oxygens (including phenoxy) is 2. The maximum absolute atomic E-state index is 6.04. The molecular formula is C26H39N5O4S3. The number of aliphatic imine (C=N–C) groups is 1. The van der Waals surface area contributed by atoms with E-state index in [9.17, 15) is 0 Å². The van der Waals surface area contributed by atoms with Gasteiger partial charge in [-0.25, -0.2) is 4.98 Å². The van der Waals surface area contributed by atoms with Gasteiger partial charge in [-0.15, -0.1) is 0 Å². The minimum absolute atomic E-state index is 0. The first-order valence-electron chi connectivity index (χ1n) is 11.9. The molecule has 0 spiro atoms. The molecule has 0 bridgehead atoms. The summed E-state index contributed by atoms with van der Waals surface area (Å²) in [5.41, 5.74) is 3.09. The smallest absolute Gasteiger partial charge is 0.122 e. The van der Waals surface area contributed by atoms with Gasteiger partial charge in [0.05, 0.1) is 30.0 Å². The van der Waals surface area contributed by atoms with Crippen LogP contribution in [-0.4, -0.2) is 94.1 Å². The highest BCUT2D eigenvalue weighted by Gasteiger charge is 2.25. The molecule has 5 rings (SSSR count). The van der Waals surface area contributed by atoms with Crippen molar-refractivity contribution in [3.8, 4) is 5.75 Å². The number of aromatic amines is 1. The lowest BCUT2D eigenvalue weighted by Crippen LogP contribution is -2.37. The maximum Gasteiger partial charge on any atom is 0.122 e. The summed E-state index contributed by atoms with van der Waals surface area (Å²) in [6.07, 6.45) is 2.65. The normalized spacial score (nSPS) is 17.2. The van der Waals surface area contributed by atoms with Gasteiger partial charge in [0.1, 0.15) is 15.8 Å². The Morgan fingerprint density at radius 1 is 1.16 bits per heavy atom. The van der Waals surface area contributed by atoms with Gasteiger partial charge >= 0.3 is 0 Å². The predicted octanol–water partition coefficient (Wildman–Crippen LogP) is 3.99. The fourth-order valence-electron chi connectivity index (χ4n) is 4.14. The van der Waals surface area contributed by atoms with Crippen LogP contribution in [-0.2, 0) is 4.74 Å². The average molecular weight is 582 g/mol. The van der Waals surface area contributed by atoms with E-state index in [0.29, 0.717) is 18.5 Å². The van der Waals surface area contributed by atoms with Gasteiger partial charge in [0.15, 0.2) is 0 Å². The minimum atomic E-state index is 0. The third-order valence-corrected chi connectivity index (χ3v) is 8.80. The molecule has 210 valence electrons. The van der Waals surface area contributed by atoms with Crippen LogP contribution >= 0.6 is 35.5 Å². The van der Waals surface area contributed by atoms with Gasteiger partial charge in [0, 0.05) is 86.1 Å². The number of nitrogens with one attached hydrogen (secondary N) is 2. The average Bonchev–Trinajstić information content (AvgIpc) is 3.54. The molecule has 1 atom stereocenters. The molecular weight excluding hydrogens is 543 g/mol. The molecule has 1 aromatic carbocycles. The van der Waals surface area contributed by atoms with E-state index in [4.69, 9.17) is 14.5 Å². The predicted molar refractivity (Wildman–Crippen MR) is 165 cm³/mol. The molecule has 1 saturated heterocycles. The Morgan fingerprint density at radius 2 is 2.00 bits per heavy atom. The van der Waals surface area contributed by atoms with Crippen LogP contribution in [0.1, 0.15) is 19.5 Å². The Labute approximate surface area is 237 Å². The summed E-state index contributed by atoms with van der Waals surface area (Å²) in [4.78, 5) is 15.5. The van der Waals surface area contributed by atoms with Crippen LogP contribution in [0, 0.1) is 0 Å². The SMILES string of the molecule is C.COCCCOc1cc(NSc2ccccn2)c2[nH]c(C3=NCC(CN4CCSCC4)S3)cc2c1.O.O. The van der Waals surface area contributed by atoms with Crippen LogP contribution in [0.3, 0.4) is 0 Å². The third-order valence-electron chi connectivity index (χ3n) is 5.88.